The van der Waals surface area contributed by atoms with Gasteiger partial charge >= 0.3 is 0 Å². The van der Waals surface area contributed by atoms with Gasteiger partial charge in [0.1, 0.15) is 11.2 Å². The van der Waals surface area contributed by atoms with Gasteiger partial charge in [0.05, 0.1) is 0 Å². The van der Waals surface area contributed by atoms with Crippen molar-refractivity contribution in [3.05, 3.63) is 176 Å². The van der Waals surface area contributed by atoms with E-state index < -0.39 is 0 Å². The first kappa shape index (κ1) is 27.9. The molecule has 49 heavy (non-hydrogen) atoms. The van der Waals surface area contributed by atoms with Crippen molar-refractivity contribution in [3.8, 4) is 22.3 Å². The Morgan fingerprint density at radius 3 is 1.78 bits per heavy atom. The minimum atomic E-state index is 0.892. The molecule has 8 aromatic carbocycles. The van der Waals surface area contributed by atoms with Gasteiger partial charge in [0.2, 0.25) is 0 Å². The Kier molecular flexibility index (Phi) is 6.39. The van der Waals surface area contributed by atoms with Crippen molar-refractivity contribution in [2.75, 3.05) is 4.90 Å². The zero-order chi connectivity index (χ0) is 32.3. The van der Waals surface area contributed by atoms with E-state index in [1.165, 1.54) is 53.2 Å². The molecule has 2 aromatic heterocycles. The molecule has 2 nitrogen and oxygen atoms in total. The highest BCUT2D eigenvalue weighted by atomic mass is 32.1. The lowest BCUT2D eigenvalue weighted by Gasteiger charge is -2.26. The second-order valence-electron chi connectivity index (χ2n) is 12.5. The van der Waals surface area contributed by atoms with Crippen LogP contribution in [0.25, 0.3) is 75.1 Å². The molecule has 0 aliphatic rings. The number of benzene rings is 8. The molecule has 0 atom stereocenters. The van der Waals surface area contributed by atoms with E-state index in [4.69, 9.17) is 4.42 Å². The molecule has 0 amide bonds. The van der Waals surface area contributed by atoms with Crippen molar-refractivity contribution in [2.45, 2.75) is 0 Å². The number of anilines is 3. The van der Waals surface area contributed by atoms with E-state index in [2.05, 4.69) is 169 Å². The third-order valence-electron chi connectivity index (χ3n) is 9.66. The predicted octanol–water partition coefficient (Wildman–Crippen LogP) is 13.9. The number of hydrogen-bond donors (Lipinski definition) is 0. The Labute approximate surface area is 287 Å². The summed E-state index contributed by atoms with van der Waals surface area (Å²) in [5, 5.41) is 7.41. The van der Waals surface area contributed by atoms with Crippen molar-refractivity contribution in [1.82, 2.24) is 0 Å². The molecule has 230 valence electrons. The van der Waals surface area contributed by atoms with Gasteiger partial charge in [-0.05, 0) is 88.1 Å². The second kappa shape index (κ2) is 11.2. The van der Waals surface area contributed by atoms with Gasteiger partial charge in [0, 0.05) is 53.6 Å². The van der Waals surface area contributed by atoms with Crippen LogP contribution >= 0.6 is 11.3 Å². The fraction of sp³-hybridized carbons (Fsp3) is 0. The van der Waals surface area contributed by atoms with Crippen LogP contribution in [-0.2, 0) is 0 Å². The maximum Gasteiger partial charge on any atom is 0.135 e. The fourth-order valence-electron chi connectivity index (χ4n) is 7.32. The summed E-state index contributed by atoms with van der Waals surface area (Å²) in [7, 11) is 0. The van der Waals surface area contributed by atoms with Gasteiger partial charge in [0.15, 0.2) is 0 Å². The lowest BCUT2D eigenvalue weighted by Crippen LogP contribution is -2.09. The maximum atomic E-state index is 6.20. The number of fused-ring (bicyclic) bond motifs is 7. The number of furan rings is 1. The van der Waals surface area contributed by atoms with Gasteiger partial charge in [-0.1, -0.05) is 115 Å². The van der Waals surface area contributed by atoms with Crippen LogP contribution in [0.2, 0.25) is 0 Å². The molecule has 2 heterocycles. The average molecular weight is 644 g/mol. The van der Waals surface area contributed by atoms with Crippen LogP contribution in [0.1, 0.15) is 0 Å². The van der Waals surface area contributed by atoms with Gasteiger partial charge in [-0.15, -0.1) is 11.3 Å². The highest BCUT2D eigenvalue weighted by molar-refractivity contribution is 7.26. The highest BCUT2D eigenvalue weighted by Gasteiger charge is 2.18. The van der Waals surface area contributed by atoms with Crippen LogP contribution in [0, 0.1) is 0 Å². The molecule has 0 N–H and O–H groups in total. The van der Waals surface area contributed by atoms with Gasteiger partial charge in [-0.25, -0.2) is 0 Å². The van der Waals surface area contributed by atoms with E-state index >= 15 is 0 Å². The van der Waals surface area contributed by atoms with Crippen LogP contribution in [0.15, 0.2) is 180 Å². The minimum absolute atomic E-state index is 0.892. The first-order valence-electron chi connectivity index (χ1n) is 16.6. The van der Waals surface area contributed by atoms with Crippen LogP contribution in [0.4, 0.5) is 17.1 Å². The van der Waals surface area contributed by atoms with Crippen molar-refractivity contribution < 1.29 is 4.42 Å². The van der Waals surface area contributed by atoms with Crippen molar-refractivity contribution >= 4 is 81.3 Å². The molecule has 0 aliphatic carbocycles. The van der Waals surface area contributed by atoms with Crippen LogP contribution < -0.4 is 4.90 Å². The summed E-state index contributed by atoms with van der Waals surface area (Å²) in [5.74, 6) is 0. The Balaban J connectivity index is 1.14. The minimum Gasteiger partial charge on any atom is -0.456 e. The Morgan fingerprint density at radius 1 is 0.388 bits per heavy atom. The van der Waals surface area contributed by atoms with E-state index in [0.29, 0.717) is 0 Å². The lowest BCUT2D eigenvalue weighted by atomic mass is 9.95. The third-order valence-corrected chi connectivity index (χ3v) is 10.9. The molecular formula is C46H29NOS. The van der Waals surface area contributed by atoms with Crippen molar-refractivity contribution in [2.24, 2.45) is 0 Å². The summed E-state index contributed by atoms with van der Waals surface area (Å²) < 4.78 is 8.85. The normalized spacial score (nSPS) is 11.7. The molecular weight excluding hydrogens is 615 g/mol. The summed E-state index contributed by atoms with van der Waals surface area (Å²) >= 11 is 1.89. The molecule has 0 aliphatic heterocycles. The summed E-state index contributed by atoms with van der Waals surface area (Å²) in [6.45, 7) is 0. The third kappa shape index (κ3) is 4.62. The van der Waals surface area contributed by atoms with E-state index in [1.54, 1.807) is 0 Å². The van der Waals surface area contributed by atoms with Gasteiger partial charge in [-0.3, -0.25) is 0 Å². The van der Waals surface area contributed by atoms with Gasteiger partial charge in [0.25, 0.3) is 0 Å². The lowest BCUT2D eigenvalue weighted by molar-refractivity contribution is 0.669. The van der Waals surface area contributed by atoms with Gasteiger partial charge < -0.3 is 9.32 Å². The zero-order valence-corrected chi connectivity index (χ0v) is 27.3. The quantitative estimate of drug-likeness (QED) is 0.186. The Bertz CT molecular complexity index is 2810. The first-order valence-corrected chi connectivity index (χ1v) is 17.4. The molecule has 0 radical (unpaired) electrons. The van der Waals surface area contributed by atoms with E-state index in [1.807, 2.05) is 23.5 Å². The zero-order valence-electron chi connectivity index (χ0n) is 26.5. The fourth-order valence-corrected chi connectivity index (χ4v) is 8.58. The average Bonchev–Trinajstić information content (AvgIpc) is 3.73. The Hall–Kier alpha value is -6.16. The largest absolute Gasteiger partial charge is 0.456 e. The van der Waals surface area contributed by atoms with Crippen LogP contribution in [0.5, 0.6) is 0 Å². The molecule has 3 heteroatoms. The standard InChI is InChI=1S/C46H29NOS/c1-2-10-30(11-3-1)31-18-22-34(23-19-31)47(36-26-27-43-40(29-36)38-14-6-8-16-42(38)48-43)35-24-20-32(21-25-35)45-37-13-5-4-12-33(37)28-41-39-15-7-9-17-44(39)49-46(41)45/h1-29H. The summed E-state index contributed by atoms with van der Waals surface area (Å²) in [6, 6.07) is 63.2. The maximum absolute atomic E-state index is 6.20. The molecule has 10 rings (SSSR count). The summed E-state index contributed by atoms with van der Waals surface area (Å²) in [4.78, 5) is 2.35. The summed E-state index contributed by atoms with van der Waals surface area (Å²) in [5.41, 5.74) is 9.98. The van der Waals surface area contributed by atoms with Crippen LogP contribution in [0.3, 0.4) is 0 Å². The number of thiophene rings is 1. The van der Waals surface area contributed by atoms with Gasteiger partial charge in [-0.2, -0.15) is 0 Å². The molecule has 0 saturated heterocycles. The first-order chi connectivity index (χ1) is 24.3. The topological polar surface area (TPSA) is 16.4 Å². The number of hydrogen-bond acceptors (Lipinski definition) is 3. The van der Waals surface area contributed by atoms with Crippen LogP contribution in [-0.4, -0.2) is 0 Å². The molecule has 0 spiro atoms. The molecule has 0 saturated carbocycles. The molecule has 0 fully saturated rings. The van der Waals surface area contributed by atoms with E-state index in [0.717, 1.165) is 39.0 Å². The smallest absolute Gasteiger partial charge is 0.135 e. The predicted molar refractivity (Wildman–Crippen MR) is 210 cm³/mol. The monoisotopic (exact) mass is 643 g/mol. The molecule has 0 bridgehead atoms. The number of nitrogens with zero attached hydrogens (tertiary/aromatic N) is 1. The number of rotatable bonds is 5. The SMILES string of the molecule is c1ccc(-c2ccc(N(c3ccc(-c4c5ccccc5cc5c4sc4ccccc45)cc3)c3ccc4oc5ccccc5c4c3)cc2)cc1. The molecule has 0 unspecified atom stereocenters. The summed E-state index contributed by atoms with van der Waals surface area (Å²) in [6.07, 6.45) is 0. The van der Waals surface area contributed by atoms with Crippen molar-refractivity contribution in [3.63, 3.8) is 0 Å². The van der Waals surface area contributed by atoms with Crippen molar-refractivity contribution in [1.29, 1.82) is 0 Å². The highest BCUT2D eigenvalue weighted by Crippen LogP contribution is 2.45. The second-order valence-corrected chi connectivity index (χ2v) is 13.6. The van der Waals surface area contributed by atoms with E-state index in [9.17, 15) is 0 Å². The van der Waals surface area contributed by atoms with E-state index in [-0.39, 0.29) is 0 Å². The number of para-hydroxylation sites is 1. The molecule has 10 aromatic rings. The Morgan fingerprint density at radius 2 is 0.980 bits per heavy atom.